The molecule has 0 aromatic heterocycles. The second-order valence-corrected chi connectivity index (χ2v) is 6.25. The number of ether oxygens (including phenoxy) is 3. The van der Waals surface area contributed by atoms with Gasteiger partial charge in [-0.2, -0.15) is 0 Å². The summed E-state index contributed by atoms with van der Waals surface area (Å²) >= 11 is 0. The van der Waals surface area contributed by atoms with Gasteiger partial charge in [-0.15, -0.1) is 0 Å². The Morgan fingerprint density at radius 3 is 2.61 bits per heavy atom. The van der Waals surface area contributed by atoms with E-state index in [2.05, 4.69) is 5.32 Å². The topological polar surface area (TPSA) is 94.2 Å². The molecule has 1 aromatic carbocycles. The van der Waals surface area contributed by atoms with Gasteiger partial charge in [-0.25, -0.2) is 0 Å². The molecular formula is C20H28N2O6. The molecule has 8 nitrogen and oxygen atoms in total. The van der Waals surface area contributed by atoms with Gasteiger partial charge >= 0.3 is 5.97 Å². The number of rotatable bonds is 9. The number of nitrogens with one attached hydrogen (secondary N) is 1. The first-order valence-electron chi connectivity index (χ1n) is 9.65. The van der Waals surface area contributed by atoms with Crippen molar-refractivity contribution in [3.63, 3.8) is 0 Å². The zero-order chi connectivity index (χ0) is 20.5. The SMILES string of the molecule is CCCOC(=O)CC1C(=O)NCCN1C(=O)c1ccc(OCC)cc1OCC. The third-order valence-corrected chi connectivity index (χ3v) is 4.21. The van der Waals surface area contributed by atoms with E-state index in [1.807, 2.05) is 20.8 Å². The molecular weight excluding hydrogens is 364 g/mol. The lowest BCUT2D eigenvalue weighted by Gasteiger charge is -2.35. The molecule has 1 aliphatic heterocycles. The van der Waals surface area contributed by atoms with Crippen molar-refractivity contribution in [2.75, 3.05) is 32.9 Å². The van der Waals surface area contributed by atoms with Crippen molar-refractivity contribution in [1.82, 2.24) is 10.2 Å². The van der Waals surface area contributed by atoms with Crippen LogP contribution in [-0.4, -0.2) is 61.6 Å². The van der Waals surface area contributed by atoms with Crippen LogP contribution in [-0.2, 0) is 14.3 Å². The Kier molecular flexibility index (Phi) is 8.10. The fourth-order valence-corrected chi connectivity index (χ4v) is 2.96. The molecule has 1 atom stereocenters. The third-order valence-electron chi connectivity index (χ3n) is 4.21. The second kappa shape index (κ2) is 10.5. The Morgan fingerprint density at radius 1 is 1.18 bits per heavy atom. The quantitative estimate of drug-likeness (QED) is 0.644. The highest BCUT2D eigenvalue weighted by Gasteiger charge is 2.36. The summed E-state index contributed by atoms with van der Waals surface area (Å²) in [5, 5.41) is 2.70. The third kappa shape index (κ3) is 5.37. The van der Waals surface area contributed by atoms with Crippen molar-refractivity contribution in [3.05, 3.63) is 23.8 Å². The minimum absolute atomic E-state index is 0.182. The van der Waals surface area contributed by atoms with Gasteiger partial charge in [0.15, 0.2) is 0 Å². The Hall–Kier alpha value is -2.77. The van der Waals surface area contributed by atoms with E-state index in [1.54, 1.807) is 18.2 Å². The summed E-state index contributed by atoms with van der Waals surface area (Å²) in [4.78, 5) is 39.0. The van der Waals surface area contributed by atoms with Gasteiger partial charge < -0.3 is 24.4 Å². The highest BCUT2D eigenvalue weighted by Crippen LogP contribution is 2.27. The minimum atomic E-state index is -0.911. The van der Waals surface area contributed by atoms with Gasteiger partial charge in [0.1, 0.15) is 17.5 Å². The molecule has 1 N–H and O–H groups in total. The van der Waals surface area contributed by atoms with E-state index >= 15 is 0 Å². The Balaban J connectivity index is 2.26. The van der Waals surface area contributed by atoms with Crippen LogP contribution in [0.4, 0.5) is 0 Å². The summed E-state index contributed by atoms with van der Waals surface area (Å²) in [6, 6.07) is 4.06. The summed E-state index contributed by atoms with van der Waals surface area (Å²) in [7, 11) is 0. The Labute approximate surface area is 165 Å². The smallest absolute Gasteiger partial charge is 0.308 e. The number of benzene rings is 1. The van der Waals surface area contributed by atoms with Crippen molar-refractivity contribution < 1.29 is 28.6 Å². The van der Waals surface area contributed by atoms with E-state index in [9.17, 15) is 14.4 Å². The Bertz CT molecular complexity index is 706. The summed E-state index contributed by atoms with van der Waals surface area (Å²) in [6.07, 6.45) is 0.508. The summed E-state index contributed by atoms with van der Waals surface area (Å²) < 4.78 is 16.2. The summed E-state index contributed by atoms with van der Waals surface area (Å²) in [5.41, 5.74) is 0.326. The molecule has 1 heterocycles. The average molecular weight is 392 g/mol. The van der Waals surface area contributed by atoms with E-state index in [-0.39, 0.29) is 24.8 Å². The first-order chi connectivity index (χ1) is 13.5. The number of esters is 1. The molecule has 28 heavy (non-hydrogen) atoms. The van der Waals surface area contributed by atoms with Crippen LogP contribution in [0.1, 0.15) is 44.0 Å². The number of carbonyl (C=O) groups excluding carboxylic acids is 3. The number of hydrogen-bond acceptors (Lipinski definition) is 6. The van der Waals surface area contributed by atoms with E-state index < -0.39 is 12.0 Å². The zero-order valence-corrected chi connectivity index (χ0v) is 16.7. The summed E-state index contributed by atoms with van der Waals surface area (Å²) in [6.45, 7) is 7.36. The predicted molar refractivity (Wildman–Crippen MR) is 102 cm³/mol. The van der Waals surface area contributed by atoms with Crippen molar-refractivity contribution in [3.8, 4) is 11.5 Å². The van der Waals surface area contributed by atoms with Crippen LogP contribution in [0.25, 0.3) is 0 Å². The molecule has 0 saturated carbocycles. The highest BCUT2D eigenvalue weighted by atomic mass is 16.5. The van der Waals surface area contributed by atoms with Crippen LogP contribution >= 0.6 is 0 Å². The fraction of sp³-hybridized carbons (Fsp3) is 0.550. The van der Waals surface area contributed by atoms with Crippen LogP contribution in [0.2, 0.25) is 0 Å². The van der Waals surface area contributed by atoms with Crippen LogP contribution in [0.3, 0.4) is 0 Å². The maximum Gasteiger partial charge on any atom is 0.308 e. The molecule has 154 valence electrons. The van der Waals surface area contributed by atoms with Crippen molar-refractivity contribution in [2.45, 2.75) is 39.7 Å². The van der Waals surface area contributed by atoms with E-state index in [0.29, 0.717) is 49.8 Å². The lowest BCUT2D eigenvalue weighted by Crippen LogP contribution is -2.57. The van der Waals surface area contributed by atoms with Gasteiger partial charge in [0.25, 0.3) is 5.91 Å². The minimum Gasteiger partial charge on any atom is -0.494 e. The zero-order valence-electron chi connectivity index (χ0n) is 16.7. The van der Waals surface area contributed by atoms with Crippen LogP contribution in [0.15, 0.2) is 18.2 Å². The lowest BCUT2D eigenvalue weighted by molar-refractivity contribution is -0.147. The molecule has 1 fully saturated rings. The van der Waals surface area contributed by atoms with Gasteiger partial charge in [0.05, 0.1) is 31.8 Å². The number of piperazine rings is 1. The first kappa shape index (κ1) is 21.5. The second-order valence-electron chi connectivity index (χ2n) is 6.25. The van der Waals surface area contributed by atoms with Crippen LogP contribution in [0, 0.1) is 0 Å². The van der Waals surface area contributed by atoms with Crippen LogP contribution in [0.5, 0.6) is 11.5 Å². The standard InChI is InChI=1S/C20H28N2O6/c1-4-11-28-18(23)13-16-19(24)21-9-10-22(16)20(25)15-8-7-14(26-5-2)12-17(15)27-6-3/h7-8,12,16H,4-6,9-11,13H2,1-3H3,(H,21,24). The molecule has 8 heteroatoms. The molecule has 1 aliphatic rings. The maximum atomic E-state index is 13.2. The average Bonchev–Trinajstić information content (AvgIpc) is 2.68. The molecule has 2 amide bonds. The number of amides is 2. The van der Waals surface area contributed by atoms with Gasteiger partial charge in [0.2, 0.25) is 5.91 Å². The summed E-state index contributed by atoms with van der Waals surface area (Å²) in [5.74, 6) is -0.250. The Morgan fingerprint density at radius 2 is 1.93 bits per heavy atom. The van der Waals surface area contributed by atoms with E-state index in [0.717, 1.165) is 0 Å². The van der Waals surface area contributed by atoms with Gasteiger partial charge in [-0.1, -0.05) is 6.92 Å². The first-order valence-corrected chi connectivity index (χ1v) is 9.65. The normalized spacial score (nSPS) is 16.3. The largest absolute Gasteiger partial charge is 0.494 e. The van der Waals surface area contributed by atoms with Gasteiger partial charge in [-0.05, 0) is 32.4 Å². The number of nitrogens with zero attached hydrogens (tertiary/aromatic N) is 1. The van der Waals surface area contributed by atoms with Crippen molar-refractivity contribution >= 4 is 17.8 Å². The highest BCUT2D eigenvalue weighted by molar-refractivity contribution is 6.01. The molecule has 2 rings (SSSR count). The molecule has 0 bridgehead atoms. The van der Waals surface area contributed by atoms with Crippen molar-refractivity contribution in [2.24, 2.45) is 0 Å². The molecule has 1 aromatic rings. The fourth-order valence-electron chi connectivity index (χ4n) is 2.96. The maximum absolute atomic E-state index is 13.2. The number of hydrogen-bond donors (Lipinski definition) is 1. The lowest BCUT2D eigenvalue weighted by atomic mass is 10.1. The van der Waals surface area contributed by atoms with E-state index in [1.165, 1.54) is 4.90 Å². The monoisotopic (exact) mass is 392 g/mol. The van der Waals surface area contributed by atoms with E-state index in [4.69, 9.17) is 14.2 Å². The van der Waals surface area contributed by atoms with Crippen molar-refractivity contribution in [1.29, 1.82) is 0 Å². The van der Waals surface area contributed by atoms with Gasteiger partial charge in [0, 0.05) is 19.2 Å². The molecule has 1 saturated heterocycles. The number of carbonyl (C=O) groups is 3. The molecule has 0 spiro atoms. The van der Waals surface area contributed by atoms with Crippen LogP contribution < -0.4 is 14.8 Å². The van der Waals surface area contributed by atoms with Gasteiger partial charge in [-0.3, -0.25) is 14.4 Å². The molecule has 0 aliphatic carbocycles. The predicted octanol–water partition coefficient (Wildman–Crippen LogP) is 1.77. The molecule has 1 unspecified atom stereocenters. The molecule has 0 radical (unpaired) electrons.